The standard InChI is InChI=1S/C18H22N2O4S/c1-13-5-4-6-14(11-13)24-10-3-2-7-16(21)19-9-8-17-20-15(12-25-17)18(22)23/h4-6,11-12H,2-3,7-10H2,1H3,(H,19,21)(H,22,23). The van der Waals surface area contributed by atoms with Gasteiger partial charge in [0.1, 0.15) is 5.75 Å². The summed E-state index contributed by atoms with van der Waals surface area (Å²) >= 11 is 1.29. The number of carboxylic acids is 1. The van der Waals surface area contributed by atoms with Gasteiger partial charge in [-0.05, 0) is 37.5 Å². The monoisotopic (exact) mass is 362 g/mol. The van der Waals surface area contributed by atoms with Gasteiger partial charge in [-0.3, -0.25) is 4.79 Å². The van der Waals surface area contributed by atoms with Crippen LogP contribution < -0.4 is 10.1 Å². The molecule has 0 fully saturated rings. The molecule has 0 radical (unpaired) electrons. The number of hydrogen-bond donors (Lipinski definition) is 2. The van der Waals surface area contributed by atoms with E-state index in [2.05, 4.69) is 10.3 Å². The molecule has 0 spiro atoms. The van der Waals surface area contributed by atoms with Crippen LogP contribution in [-0.4, -0.2) is 35.1 Å². The first-order valence-electron chi connectivity index (χ1n) is 8.18. The largest absolute Gasteiger partial charge is 0.494 e. The molecule has 1 aromatic carbocycles. The van der Waals surface area contributed by atoms with E-state index in [-0.39, 0.29) is 11.6 Å². The number of rotatable bonds is 10. The van der Waals surface area contributed by atoms with Gasteiger partial charge < -0.3 is 15.2 Å². The van der Waals surface area contributed by atoms with Crippen molar-refractivity contribution in [1.29, 1.82) is 0 Å². The fourth-order valence-corrected chi connectivity index (χ4v) is 2.98. The molecular formula is C18H22N2O4S. The van der Waals surface area contributed by atoms with E-state index in [0.717, 1.165) is 24.2 Å². The van der Waals surface area contributed by atoms with E-state index in [4.69, 9.17) is 9.84 Å². The molecule has 0 aliphatic rings. The summed E-state index contributed by atoms with van der Waals surface area (Å²) in [5.74, 6) is -0.182. The predicted molar refractivity (Wildman–Crippen MR) is 96.3 cm³/mol. The number of aryl methyl sites for hydroxylation is 1. The molecule has 1 heterocycles. The first-order valence-corrected chi connectivity index (χ1v) is 9.06. The number of carbonyl (C=O) groups is 2. The van der Waals surface area contributed by atoms with Crippen molar-refractivity contribution in [1.82, 2.24) is 10.3 Å². The van der Waals surface area contributed by atoms with Crippen LogP contribution in [0.1, 0.15) is 40.3 Å². The SMILES string of the molecule is Cc1cccc(OCCCCC(=O)NCCc2nc(C(=O)O)cs2)c1. The number of aromatic carboxylic acids is 1. The second-order valence-corrected chi connectivity index (χ2v) is 6.60. The molecule has 2 aromatic rings. The first-order chi connectivity index (χ1) is 12.0. The van der Waals surface area contributed by atoms with Crippen molar-refractivity contribution in [3.63, 3.8) is 0 Å². The van der Waals surface area contributed by atoms with E-state index in [1.165, 1.54) is 16.7 Å². The predicted octanol–water partition coefficient (Wildman–Crippen LogP) is 3.06. The first kappa shape index (κ1) is 18.9. The molecule has 2 N–H and O–H groups in total. The number of amides is 1. The van der Waals surface area contributed by atoms with E-state index in [9.17, 15) is 9.59 Å². The number of hydrogen-bond acceptors (Lipinski definition) is 5. The zero-order valence-electron chi connectivity index (χ0n) is 14.2. The Balaban J connectivity index is 1.54. The van der Waals surface area contributed by atoms with E-state index in [0.29, 0.717) is 31.0 Å². The molecule has 0 aliphatic heterocycles. The minimum Gasteiger partial charge on any atom is -0.494 e. The molecule has 0 bridgehead atoms. The number of nitrogens with one attached hydrogen (secondary N) is 1. The van der Waals surface area contributed by atoms with Crippen LogP contribution in [0.3, 0.4) is 0 Å². The lowest BCUT2D eigenvalue weighted by molar-refractivity contribution is -0.121. The van der Waals surface area contributed by atoms with Gasteiger partial charge in [-0.15, -0.1) is 11.3 Å². The van der Waals surface area contributed by atoms with E-state index in [1.807, 2.05) is 31.2 Å². The maximum Gasteiger partial charge on any atom is 0.355 e. The Kier molecular flexibility index (Phi) is 7.40. The zero-order valence-corrected chi connectivity index (χ0v) is 15.0. The lowest BCUT2D eigenvalue weighted by atomic mass is 10.2. The van der Waals surface area contributed by atoms with E-state index in [1.54, 1.807) is 0 Å². The van der Waals surface area contributed by atoms with Gasteiger partial charge in [0.15, 0.2) is 5.69 Å². The molecule has 134 valence electrons. The average Bonchev–Trinajstić information content (AvgIpc) is 3.04. The number of aromatic nitrogens is 1. The van der Waals surface area contributed by atoms with Crippen LogP contribution in [0.5, 0.6) is 5.75 Å². The molecule has 0 atom stereocenters. The van der Waals surface area contributed by atoms with Gasteiger partial charge in [0.25, 0.3) is 0 Å². The molecule has 0 saturated carbocycles. The summed E-state index contributed by atoms with van der Waals surface area (Å²) in [5, 5.41) is 13.8. The third-order valence-electron chi connectivity index (χ3n) is 3.49. The van der Waals surface area contributed by atoms with Crippen LogP contribution in [-0.2, 0) is 11.2 Å². The van der Waals surface area contributed by atoms with Gasteiger partial charge in [0.2, 0.25) is 5.91 Å². The Morgan fingerprint density at radius 2 is 2.16 bits per heavy atom. The van der Waals surface area contributed by atoms with Gasteiger partial charge in [-0.2, -0.15) is 0 Å². The number of carbonyl (C=O) groups excluding carboxylic acids is 1. The van der Waals surface area contributed by atoms with Crippen molar-refractivity contribution < 1.29 is 19.4 Å². The Morgan fingerprint density at radius 3 is 2.88 bits per heavy atom. The Labute approximate surface area is 150 Å². The van der Waals surface area contributed by atoms with E-state index < -0.39 is 5.97 Å². The molecule has 6 nitrogen and oxygen atoms in total. The third kappa shape index (κ3) is 6.93. The Morgan fingerprint density at radius 1 is 1.32 bits per heavy atom. The van der Waals surface area contributed by atoms with Crippen molar-refractivity contribution in [3.8, 4) is 5.75 Å². The molecule has 7 heteroatoms. The second kappa shape index (κ2) is 9.78. The lowest BCUT2D eigenvalue weighted by Crippen LogP contribution is -2.25. The summed E-state index contributed by atoms with van der Waals surface area (Å²) in [6, 6.07) is 7.89. The van der Waals surface area contributed by atoms with Crippen LogP contribution in [0.15, 0.2) is 29.6 Å². The minimum atomic E-state index is -1.03. The molecule has 1 amide bonds. The summed E-state index contributed by atoms with van der Waals surface area (Å²) in [5.41, 5.74) is 1.22. The highest BCUT2D eigenvalue weighted by Crippen LogP contribution is 2.13. The molecule has 0 aliphatic carbocycles. The smallest absolute Gasteiger partial charge is 0.355 e. The number of thiazole rings is 1. The number of benzene rings is 1. The quantitative estimate of drug-likeness (QED) is 0.634. The molecule has 1 aromatic heterocycles. The lowest BCUT2D eigenvalue weighted by Gasteiger charge is -2.07. The summed E-state index contributed by atoms with van der Waals surface area (Å²) < 4.78 is 5.64. The number of nitrogens with zero attached hydrogens (tertiary/aromatic N) is 1. The fraction of sp³-hybridized carbons (Fsp3) is 0.389. The van der Waals surface area contributed by atoms with Crippen LogP contribution in [0, 0.1) is 6.92 Å². The summed E-state index contributed by atoms with van der Waals surface area (Å²) in [4.78, 5) is 26.5. The zero-order chi connectivity index (χ0) is 18.1. The maximum absolute atomic E-state index is 11.8. The minimum absolute atomic E-state index is 0.00873. The second-order valence-electron chi connectivity index (χ2n) is 5.65. The van der Waals surface area contributed by atoms with Crippen molar-refractivity contribution in [3.05, 3.63) is 45.9 Å². The van der Waals surface area contributed by atoms with Gasteiger partial charge >= 0.3 is 5.97 Å². The highest BCUT2D eigenvalue weighted by atomic mass is 32.1. The van der Waals surface area contributed by atoms with Crippen LogP contribution in [0.2, 0.25) is 0 Å². The van der Waals surface area contributed by atoms with Crippen molar-refractivity contribution in [2.75, 3.05) is 13.2 Å². The topological polar surface area (TPSA) is 88.5 Å². The van der Waals surface area contributed by atoms with Gasteiger partial charge in [0.05, 0.1) is 11.6 Å². The molecular weight excluding hydrogens is 340 g/mol. The maximum atomic E-state index is 11.8. The normalized spacial score (nSPS) is 10.4. The molecule has 2 rings (SSSR count). The molecule has 0 saturated heterocycles. The van der Waals surface area contributed by atoms with Gasteiger partial charge in [-0.25, -0.2) is 9.78 Å². The van der Waals surface area contributed by atoms with Crippen molar-refractivity contribution in [2.45, 2.75) is 32.6 Å². The Hall–Kier alpha value is -2.41. The van der Waals surface area contributed by atoms with Crippen LogP contribution >= 0.6 is 11.3 Å². The number of unbranched alkanes of at least 4 members (excludes halogenated alkanes) is 1. The van der Waals surface area contributed by atoms with E-state index >= 15 is 0 Å². The van der Waals surface area contributed by atoms with Crippen LogP contribution in [0.25, 0.3) is 0 Å². The highest BCUT2D eigenvalue weighted by molar-refractivity contribution is 7.09. The highest BCUT2D eigenvalue weighted by Gasteiger charge is 2.08. The fourth-order valence-electron chi connectivity index (χ4n) is 2.20. The third-order valence-corrected chi connectivity index (χ3v) is 4.40. The summed E-state index contributed by atoms with van der Waals surface area (Å²) in [6.45, 7) is 3.07. The summed E-state index contributed by atoms with van der Waals surface area (Å²) in [6.07, 6.45) is 2.57. The Bertz CT molecular complexity index is 715. The average molecular weight is 362 g/mol. The van der Waals surface area contributed by atoms with Gasteiger partial charge in [0, 0.05) is 24.8 Å². The molecule has 0 unspecified atom stereocenters. The number of carboxylic acid groups (broad SMARTS) is 1. The van der Waals surface area contributed by atoms with Gasteiger partial charge in [-0.1, -0.05) is 12.1 Å². The van der Waals surface area contributed by atoms with Crippen LogP contribution in [0.4, 0.5) is 0 Å². The number of ether oxygens (including phenoxy) is 1. The summed E-state index contributed by atoms with van der Waals surface area (Å²) in [7, 11) is 0. The van der Waals surface area contributed by atoms with Crippen molar-refractivity contribution in [2.24, 2.45) is 0 Å². The molecule has 25 heavy (non-hydrogen) atoms. The van der Waals surface area contributed by atoms with Crippen molar-refractivity contribution >= 4 is 23.2 Å².